The average molecular weight is 547 g/mol. The van der Waals surface area contributed by atoms with Crippen LogP contribution < -0.4 is 18.9 Å². The van der Waals surface area contributed by atoms with Crippen LogP contribution in [-0.2, 0) is 0 Å². The molecule has 6 nitrogen and oxygen atoms in total. The maximum atomic E-state index is 12.5. The van der Waals surface area contributed by atoms with E-state index in [9.17, 15) is 9.59 Å². The van der Waals surface area contributed by atoms with Gasteiger partial charge in [-0.15, -0.1) is 0 Å². The number of hydrogen-bond acceptors (Lipinski definition) is 6. The van der Waals surface area contributed by atoms with Crippen LogP contribution >= 0.6 is 0 Å². The van der Waals surface area contributed by atoms with Crippen molar-refractivity contribution in [1.82, 2.24) is 0 Å². The fourth-order valence-electron chi connectivity index (χ4n) is 4.07. The molecular formula is C34H42O6. The minimum Gasteiger partial charge on any atom is -0.494 e. The van der Waals surface area contributed by atoms with Crippen molar-refractivity contribution in [3.05, 3.63) is 83.9 Å². The molecule has 0 N–H and O–H groups in total. The molecule has 0 spiro atoms. The summed E-state index contributed by atoms with van der Waals surface area (Å²) in [7, 11) is 0. The second-order valence-electron chi connectivity index (χ2n) is 9.82. The summed E-state index contributed by atoms with van der Waals surface area (Å²) in [6, 6.07) is 20.2. The Hall–Kier alpha value is -3.80. The van der Waals surface area contributed by atoms with Gasteiger partial charge in [0.15, 0.2) is 0 Å². The molecule has 0 amide bonds. The van der Waals surface area contributed by atoms with E-state index in [1.807, 2.05) is 0 Å². The van der Waals surface area contributed by atoms with Crippen molar-refractivity contribution in [2.45, 2.75) is 78.1 Å². The van der Waals surface area contributed by atoms with Crippen LogP contribution in [-0.4, -0.2) is 25.2 Å². The van der Waals surface area contributed by atoms with Crippen molar-refractivity contribution in [1.29, 1.82) is 0 Å². The molecule has 0 saturated heterocycles. The van der Waals surface area contributed by atoms with Crippen LogP contribution in [0.4, 0.5) is 0 Å². The Morgan fingerprint density at radius 3 is 1.23 bits per heavy atom. The SMILES string of the molecule is CCCCCCCCOc1ccc(C(=O)Oc2ccc(C(=O)Oc3ccc(OCCCCCC)cc3)cc2)cc1. The predicted octanol–water partition coefficient (Wildman–Crippen LogP) is 8.82. The molecule has 0 atom stereocenters. The van der Waals surface area contributed by atoms with Gasteiger partial charge in [0.1, 0.15) is 23.0 Å². The highest BCUT2D eigenvalue weighted by Gasteiger charge is 2.12. The largest absolute Gasteiger partial charge is 0.494 e. The lowest BCUT2D eigenvalue weighted by molar-refractivity contribution is 0.0730. The summed E-state index contributed by atoms with van der Waals surface area (Å²) in [5, 5.41) is 0. The quantitative estimate of drug-likeness (QED) is 0.0902. The van der Waals surface area contributed by atoms with Crippen LogP contribution in [0.25, 0.3) is 0 Å². The van der Waals surface area contributed by atoms with Crippen molar-refractivity contribution in [3.63, 3.8) is 0 Å². The van der Waals surface area contributed by atoms with Crippen LogP contribution in [0, 0.1) is 0 Å². The molecule has 0 bridgehead atoms. The standard InChI is InChI=1S/C34H42O6/c1-3-5-7-9-10-12-26-37-29-17-13-27(14-18-29)33(35)39-31-19-15-28(16-20-31)34(36)40-32-23-21-30(22-24-32)38-25-11-8-6-4-2/h13-24H,3-12,25-26H2,1-2H3. The van der Waals surface area contributed by atoms with Crippen molar-refractivity contribution in [3.8, 4) is 23.0 Å². The highest BCUT2D eigenvalue weighted by atomic mass is 16.5. The zero-order valence-corrected chi connectivity index (χ0v) is 23.9. The molecule has 0 aliphatic heterocycles. The maximum absolute atomic E-state index is 12.5. The van der Waals surface area contributed by atoms with Crippen LogP contribution in [0.5, 0.6) is 23.0 Å². The smallest absolute Gasteiger partial charge is 0.343 e. The summed E-state index contributed by atoms with van der Waals surface area (Å²) in [5.74, 6) is 1.27. The van der Waals surface area contributed by atoms with Gasteiger partial charge in [0.05, 0.1) is 24.3 Å². The van der Waals surface area contributed by atoms with Crippen LogP contribution in [0.2, 0.25) is 0 Å². The monoisotopic (exact) mass is 546 g/mol. The van der Waals surface area contributed by atoms with Crippen molar-refractivity contribution in [2.24, 2.45) is 0 Å². The Bertz CT molecular complexity index is 1140. The van der Waals surface area contributed by atoms with Crippen molar-refractivity contribution in [2.75, 3.05) is 13.2 Å². The number of ether oxygens (including phenoxy) is 4. The fraction of sp³-hybridized carbons (Fsp3) is 0.412. The molecule has 0 aromatic heterocycles. The average Bonchev–Trinajstić information content (AvgIpc) is 2.98. The van der Waals surface area contributed by atoms with Crippen LogP contribution in [0.3, 0.4) is 0 Å². The minimum atomic E-state index is -0.498. The van der Waals surface area contributed by atoms with E-state index in [-0.39, 0.29) is 0 Å². The predicted molar refractivity (Wildman–Crippen MR) is 158 cm³/mol. The van der Waals surface area contributed by atoms with Gasteiger partial charge in [-0.2, -0.15) is 0 Å². The third-order valence-electron chi connectivity index (χ3n) is 6.46. The van der Waals surface area contributed by atoms with Gasteiger partial charge in [0.2, 0.25) is 0 Å². The number of benzene rings is 3. The molecule has 6 heteroatoms. The summed E-state index contributed by atoms with van der Waals surface area (Å²) in [4.78, 5) is 25.1. The minimum absolute atomic E-state index is 0.338. The first-order valence-electron chi connectivity index (χ1n) is 14.6. The molecule has 0 radical (unpaired) electrons. The molecule has 3 aromatic rings. The Morgan fingerprint density at radius 2 is 0.775 bits per heavy atom. The lowest BCUT2D eigenvalue weighted by atomic mass is 10.1. The summed E-state index contributed by atoms with van der Waals surface area (Å²) < 4.78 is 22.4. The molecular weight excluding hydrogens is 504 g/mol. The molecule has 214 valence electrons. The molecule has 0 heterocycles. The maximum Gasteiger partial charge on any atom is 0.343 e. The molecule has 0 aliphatic carbocycles. The number of hydrogen-bond donors (Lipinski definition) is 0. The summed E-state index contributed by atoms with van der Waals surface area (Å²) in [5.41, 5.74) is 0.770. The second-order valence-corrected chi connectivity index (χ2v) is 9.82. The van der Waals surface area contributed by atoms with Gasteiger partial charge in [-0.25, -0.2) is 9.59 Å². The van der Waals surface area contributed by atoms with Gasteiger partial charge in [0.25, 0.3) is 0 Å². The van der Waals surface area contributed by atoms with Gasteiger partial charge in [-0.3, -0.25) is 0 Å². The summed E-state index contributed by atoms with van der Waals surface area (Å²) >= 11 is 0. The highest BCUT2D eigenvalue weighted by molar-refractivity contribution is 5.92. The summed E-state index contributed by atoms with van der Waals surface area (Å²) in [6.07, 6.45) is 11.8. The Balaban J connectivity index is 1.40. The molecule has 0 aliphatic rings. The van der Waals surface area contributed by atoms with Gasteiger partial charge < -0.3 is 18.9 Å². The lowest BCUT2D eigenvalue weighted by Gasteiger charge is -2.09. The van der Waals surface area contributed by atoms with E-state index in [0.29, 0.717) is 35.8 Å². The number of carbonyl (C=O) groups is 2. The first kappa shape index (κ1) is 30.7. The van der Waals surface area contributed by atoms with E-state index in [1.165, 1.54) is 44.9 Å². The molecule has 3 rings (SSSR count). The van der Waals surface area contributed by atoms with Gasteiger partial charge in [-0.05, 0) is 85.6 Å². The first-order valence-corrected chi connectivity index (χ1v) is 14.6. The topological polar surface area (TPSA) is 71.1 Å². The van der Waals surface area contributed by atoms with E-state index in [1.54, 1.807) is 72.8 Å². The molecule has 0 saturated carbocycles. The zero-order chi connectivity index (χ0) is 28.4. The second kappa shape index (κ2) is 17.7. The van der Waals surface area contributed by atoms with Crippen molar-refractivity contribution >= 4 is 11.9 Å². The van der Waals surface area contributed by atoms with E-state index >= 15 is 0 Å². The number of rotatable bonds is 18. The lowest BCUT2D eigenvalue weighted by Crippen LogP contribution is -2.10. The molecule has 0 unspecified atom stereocenters. The van der Waals surface area contributed by atoms with Gasteiger partial charge >= 0.3 is 11.9 Å². The number of unbranched alkanes of at least 4 members (excludes halogenated alkanes) is 8. The summed E-state index contributed by atoms with van der Waals surface area (Å²) in [6.45, 7) is 5.74. The Kier molecular flexibility index (Phi) is 13.6. The van der Waals surface area contributed by atoms with Crippen LogP contribution in [0.1, 0.15) is 98.8 Å². The zero-order valence-electron chi connectivity index (χ0n) is 23.9. The van der Waals surface area contributed by atoms with E-state index in [0.717, 1.165) is 30.8 Å². The molecule has 0 fully saturated rings. The van der Waals surface area contributed by atoms with E-state index < -0.39 is 11.9 Å². The Morgan fingerprint density at radius 1 is 0.450 bits per heavy atom. The van der Waals surface area contributed by atoms with Crippen molar-refractivity contribution < 1.29 is 28.5 Å². The number of esters is 2. The molecule has 40 heavy (non-hydrogen) atoms. The number of carbonyl (C=O) groups excluding carboxylic acids is 2. The molecule has 3 aromatic carbocycles. The fourth-order valence-corrected chi connectivity index (χ4v) is 4.07. The van der Waals surface area contributed by atoms with E-state index in [4.69, 9.17) is 18.9 Å². The normalized spacial score (nSPS) is 10.7. The third-order valence-corrected chi connectivity index (χ3v) is 6.46. The highest BCUT2D eigenvalue weighted by Crippen LogP contribution is 2.21. The Labute approximate surface area is 238 Å². The first-order chi connectivity index (χ1) is 19.6. The third kappa shape index (κ3) is 11.1. The van der Waals surface area contributed by atoms with E-state index in [2.05, 4.69) is 13.8 Å². The van der Waals surface area contributed by atoms with Gasteiger partial charge in [-0.1, -0.05) is 65.2 Å². The van der Waals surface area contributed by atoms with Crippen LogP contribution in [0.15, 0.2) is 72.8 Å². The van der Waals surface area contributed by atoms with Gasteiger partial charge in [0, 0.05) is 0 Å².